The van der Waals surface area contributed by atoms with E-state index in [1.54, 1.807) is 30.3 Å². The van der Waals surface area contributed by atoms with E-state index in [2.05, 4.69) is 5.32 Å². The minimum Gasteiger partial charge on any atom is -0.493 e. The normalized spacial score (nSPS) is 12.2. The van der Waals surface area contributed by atoms with Crippen molar-refractivity contribution in [3.8, 4) is 11.8 Å². The van der Waals surface area contributed by atoms with Crippen molar-refractivity contribution in [3.63, 3.8) is 0 Å². The summed E-state index contributed by atoms with van der Waals surface area (Å²) < 4.78 is 5.41. The molecule has 104 valence electrons. The molecule has 0 saturated carbocycles. The van der Waals surface area contributed by atoms with Gasteiger partial charge in [-0.15, -0.1) is 0 Å². The quantitative estimate of drug-likeness (QED) is 0.924. The van der Waals surface area contributed by atoms with Crippen LogP contribution in [0.25, 0.3) is 0 Å². The van der Waals surface area contributed by atoms with Crippen molar-refractivity contribution in [1.82, 2.24) is 0 Å². The van der Waals surface area contributed by atoms with Gasteiger partial charge < -0.3 is 10.1 Å². The number of benzene rings is 2. The summed E-state index contributed by atoms with van der Waals surface area (Å²) in [6, 6.07) is 12.1. The Morgan fingerprint density at radius 3 is 2.95 bits per heavy atom. The van der Waals surface area contributed by atoms with E-state index in [0.29, 0.717) is 28.4 Å². The summed E-state index contributed by atoms with van der Waals surface area (Å²) in [5.41, 5.74) is 2.33. The molecule has 1 aliphatic heterocycles. The topological polar surface area (TPSA) is 62.1 Å². The first-order chi connectivity index (χ1) is 10.2. The molecule has 0 fully saturated rings. The van der Waals surface area contributed by atoms with Crippen LogP contribution < -0.4 is 10.1 Å². The van der Waals surface area contributed by atoms with Gasteiger partial charge in [-0.1, -0.05) is 11.6 Å². The molecule has 0 unspecified atom stereocenters. The van der Waals surface area contributed by atoms with Crippen LogP contribution in [-0.2, 0) is 6.42 Å². The molecular formula is C16H11ClN2O2. The van der Waals surface area contributed by atoms with Crippen LogP contribution in [0.5, 0.6) is 5.75 Å². The molecule has 1 amide bonds. The Morgan fingerprint density at radius 1 is 1.29 bits per heavy atom. The number of halogens is 1. The molecule has 0 bridgehead atoms. The molecule has 0 aliphatic carbocycles. The highest BCUT2D eigenvalue weighted by Gasteiger charge is 2.16. The molecule has 2 aromatic carbocycles. The molecule has 0 saturated heterocycles. The number of amides is 1. The Balaban J connectivity index is 1.87. The Morgan fingerprint density at radius 2 is 2.14 bits per heavy atom. The highest BCUT2D eigenvalue weighted by atomic mass is 35.5. The SMILES string of the molecule is N#Cc1ccc(Cl)cc1NC(=O)c1ccc2c(c1)CCO2. The average Bonchev–Trinajstić information content (AvgIpc) is 2.94. The van der Waals surface area contributed by atoms with Gasteiger partial charge in [-0.25, -0.2) is 0 Å². The number of nitrogens with zero attached hydrogens (tertiary/aromatic N) is 1. The lowest BCUT2D eigenvalue weighted by Gasteiger charge is -2.08. The smallest absolute Gasteiger partial charge is 0.255 e. The number of hydrogen-bond donors (Lipinski definition) is 1. The Bertz CT molecular complexity index is 765. The molecule has 3 rings (SSSR count). The van der Waals surface area contributed by atoms with Crippen LogP contribution in [0.4, 0.5) is 5.69 Å². The molecule has 5 heteroatoms. The first-order valence-corrected chi connectivity index (χ1v) is 6.82. The number of nitriles is 1. The van der Waals surface area contributed by atoms with Gasteiger partial charge in [-0.05, 0) is 42.0 Å². The summed E-state index contributed by atoms with van der Waals surface area (Å²) in [5, 5.41) is 12.2. The third-order valence-electron chi connectivity index (χ3n) is 3.30. The molecule has 21 heavy (non-hydrogen) atoms. The van der Waals surface area contributed by atoms with Crippen molar-refractivity contribution in [1.29, 1.82) is 5.26 Å². The van der Waals surface area contributed by atoms with E-state index in [1.807, 2.05) is 12.1 Å². The number of hydrogen-bond acceptors (Lipinski definition) is 3. The Labute approximate surface area is 126 Å². The van der Waals surface area contributed by atoms with Crippen LogP contribution in [0.2, 0.25) is 5.02 Å². The van der Waals surface area contributed by atoms with Gasteiger partial charge in [0, 0.05) is 17.0 Å². The third-order valence-corrected chi connectivity index (χ3v) is 3.54. The van der Waals surface area contributed by atoms with Crippen LogP contribution in [0.3, 0.4) is 0 Å². The summed E-state index contributed by atoms with van der Waals surface area (Å²) in [6.45, 7) is 0.646. The average molecular weight is 299 g/mol. The number of carbonyl (C=O) groups excluding carboxylic acids is 1. The summed E-state index contributed by atoms with van der Waals surface area (Å²) in [5.74, 6) is 0.551. The minimum absolute atomic E-state index is 0.275. The molecule has 1 N–H and O–H groups in total. The van der Waals surface area contributed by atoms with Gasteiger partial charge in [0.15, 0.2) is 0 Å². The fourth-order valence-electron chi connectivity index (χ4n) is 2.24. The predicted molar refractivity (Wildman–Crippen MR) is 79.8 cm³/mol. The van der Waals surface area contributed by atoms with Crippen molar-refractivity contribution in [2.45, 2.75) is 6.42 Å². The standard InChI is InChI=1S/C16H11ClN2O2/c17-13-3-1-12(9-18)14(8-13)19-16(20)11-2-4-15-10(7-11)5-6-21-15/h1-4,7-8H,5-6H2,(H,19,20). The molecule has 1 heterocycles. The third kappa shape index (κ3) is 2.69. The lowest BCUT2D eigenvalue weighted by Crippen LogP contribution is -2.13. The minimum atomic E-state index is -0.275. The number of fused-ring (bicyclic) bond motifs is 1. The van der Waals surface area contributed by atoms with E-state index < -0.39 is 0 Å². The van der Waals surface area contributed by atoms with E-state index >= 15 is 0 Å². The number of ether oxygens (including phenoxy) is 1. The summed E-state index contributed by atoms with van der Waals surface area (Å²) >= 11 is 5.90. The molecule has 0 aromatic heterocycles. The van der Waals surface area contributed by atoms with Gasteiger partial charge in [0.1, 0.15) is 11.8 Å². The second kappa shape index (κ2) is 5.47. The van der Waals surface area contributed by atoms with Gasteiger partial charge >= 0.3 is 0 Å². The number of rotatable bonds is 2. The molecule has 0 atom stereocenters. The van der Waals surface area contributed by atoms with Crippen LogP contribution >= 0.6 is 11.6 Å². The van der Waals surface area contributed by atoms with Crippen LogP contribution in [-0.4, -0.2) is 12.5 Å². The fraction of sp³-hybridized carbons (Fsp3) is 0.125. The summed E-state index contributed by atoms with van der Waals surface area (Å²) in [7, 11) is 0. The Kier molecular flexibility index (Phi) is 3.51. The van der Waals surface area contributed by atoms with Gasteiger partial charge in [0.2, 0.25) is 0 Å². The maximum atomic E-state index is 12.3. The maximum absolute atomic E-state index is 12.3. The van der Waals surface area contributed by atoms with E-state index in [0.717, 1.165) is 17.7 Å². The zero-order valence-corrected chi connectivity index (χ0v) is 11.8. The lowest BCUT2D eigenvalue weighted by atomic mass is 10.1. The number of anilines is 1. The highest BCUT2D eigenvalue weighted by molar-refractivity contribution is 6.31. The summed E-state index contributed by atoms with van der Waals surface area (Å²) in [4.78, 5) is 12.3. The molecule has 1 aliphatic rings. The van der Waals surface area contributed by atoms with Gasteiger partial charge in [0.05, 0.1) is 17.9 Å². The zero-order valence-electron chi connectivity index (χ0n) is 11.0. The van der Waals surface area contributed by atoms with E-state index in [-0.39, 0.29) is 5.91 Å². The van der Waals surface area contributed by atoms with Gasteiger partial charge in [-0.2, -0.15) is 5.26 Å². The van der Waals surface area contributed by atoms with Gasteiger partial charge in [-0.3, -0.25) is 4.79 Å². The van der Waals surface area contributed by atoms with Crippen molar-refractivity contribution in [2.24, 2.45) is 0 Å². The largest absolute Gasteiger partial charge is 0.493 e. The second-order valence-electron chi connectivity index (χ2n) is 4.68. The molecular weight excluding hydrogens is 288 g/mol. The molecule has 4 nitrogen and oxygen atoms in total. The van der Waals surface area contributed by atoms with Crippen LogP contribution in [0, 0.1) is 11.3 Å². The van der Waals surface area contributed by atoms with Crippen LogP contribution in [0.15, 0.2) is 36.4 Å². The van der Waals surface area contributed by atoms with Crippen molar-refractivity contribution < 1.29 is 9.53 Å². The molecule has 0 spiro atoms. The van der Waals surface area contributed by atoms with Crippen molar-refractivity contribution >= 4 is 23.2 Å². The first kappa shape index (κ1) is 13.5. The van der Waals surface area contributed by atoms with Gasteiger partial charge in [0.25, 0.3) is 5.91 Å². The number of nitrogens with one attached hydrogen (secondary N) is 1. The van der Waals surface area contributed by atoms with Crippen LogP contribution in [0.1, 0.15) is 21.5 Å². The fourth-order valence-corrected chi connectivity index (χ4v) is 2.41. The van der Waals surface area contributed by atoms with E-state index in [4.69, 9.17) is 21.6 Å². The predicted octanol–water partition coefficient (Wildman–Crippen LogP) is 3.40. The van der Waals surface area contributed by atoms with Crippen molar-refractivity contribution in [2.75, 3.05) is 11.9 Å². The maximum Gasteiger partial charge on any atom is 0.255 e. The second-order valence-corrected chi connectivity index (χ2v) is 5.11. The van der Waals surface area contributed by atoms with E-state index in [9.17, 15) is 4.79 Å². The highest BCUT2D eigenvalue weighted by Crippen LogP contribution is 2.27. The Hall–Kier alpha value is -2.51. The molecule has 2 aromatic rings. The monoisotopic (exact) mass is 298 g/mol. The first-order valence-electron chi connectivity index (χ1n) is 6.44. The zero-order chi connectivity index (χ0) is 14.8. The molecule has 0 radical (unpaired) electrons. The number of carbonyl (C=O) groups is 1. The van der Waals surface area contributed by atoms with E-state index in [1.165, 1.54) is 0 Å². The lowest BCUT2D eigenvalue weighted by molar-refractivity contribution is 0.102. The summed E-state index contributed by atoms with van der Waals surface area (Å²) in [6.07, 6.45) is 0.803. The van der Waals surface area contributed by atoms with Crippen molar-refractivity contribution in [3.05, 3.63) is 58.1 Å².